The normalized spacial score (nSPS) is 18.4. The lowest BCUT2D eigenvalue weighted by Gasteiger charge is -2.28. The molecular formula is C16H21N5O2. The molecule has 7 nitrogen and oxygen atoms in total. The fourth-order valence-corrected chi connectivity index (χ4v) is 2.71. The number of likely N-dealkylation sites (tertiary alicyclic amines) is 1. The average Bonchev–Trinajstić information content (AvgIpc) is 2.94. The smallest absolute Gasteiger partial charge is 0.410 e. The predicted octanol–water partition coefficient (Wildman–Crippen LogP) is 2.68. The van der Waals surface area contributed by atoms with Crippen molar-refractivity contribution in [1.29, 1.82) is 0 Å². The Balaban J connectivity index is 1.87. The SMILES string of the molecule is CC(C)(C)OC(=O)N1CCCC1c1cnc2nc(N)ccc2n1. The van der Waals surface area contributed by atoms with Gasteiger partial charge < -0.3 is 10.5 Å². The number of pyridine rings is 1. The molecule has 23 heavy (non-hydrogen) atoms. The predicted molar refractivity (Wildman–Crippen MR) is 86.7 cm³/mol. The van der Waals surface area contributed by atoms with Crippen LogP contribution >= 0.6 is 0 Å². The zero-order chi connectivity index (χ0) is 16.6. The summed E-state index contributed by atoms with van der Waals surface area (Å²) >= 11 is 0. The van der Waals surface area contributed by atoms with E-state index < -0.39 is 5.60 Å². The first-order chi connectivity index (χ1) is 10.8. The Hall–Kier alpha value is -2.44. The molecule has 2 aromatic rings. The molecule has 0 aliphatic carbocycles. The van der Waals surface area contributed by atoms with Gasteiger partial charge in [0.05, 0.1) is 17.9 Å². The topological polar surface area (TPSA) is 94.2 Å². The monoisotopic (exact) mass is 315 g/mol. The van der Waals surface area contributed by atoms with Crippen molar-refractivity contribution in [1.82, 2.24) is 19.9 Å². The average molecular weight is 315 g/mol. The fraction of sp³-hybridized carbons (Fsp3) is 0.500. The van der Waals surface area contributed by atoms with Crippen LogP contribution in [0.3, 0.4) is 0 Å². The maximum absolute atomic E-state index is 12.4. The van der Waals surface area contributed by atoms with E-state index in [9.17, 15) is 4.79 Å². The zero-order valence-corrected chi connectivity index (χ0v) is 13.6. The maximum Gasteiger partial charge on any atom is 0.410 e. The molecule has 0 aromatic carbocycles. The Morgan fingerprint density at radius 2 is 2.13 bits per heavy atom. The van der Waals surface area contributed by atoms with Crippen LogP contribution in [0.1, 0.15) is 45.3 Å². The van der Waals surface area contributed by atoms with Gasteiger partial charge in [0, 0.05) is 6.54 Å². The van der Waals surface area contributed by atoms with E-state index in [2.05, 4.69) is 15.0 Å². The molecule has 1 amide bonds. The summed E-state index contributed by atoms with van der Waals surface area (Å²) in [4.78, 5) is 27.2. The van der Waals surface area contributed by atoms with Crippen molar-refractivity contribution in [3.05, 3.63) is 24.0 Å². The highest BCUT2D eigenvalue weighted by Gasteiger charge is 2.34. The van der Waals surface area contributed by atoms with Crippen LogP contribution in [0.15, 0.2) is 18.3 Å². The van der Waals surface area contributed by atoms with E-state index in [4.69, 9.17) is 10.5 Å². The molecule has 0 radical (unpaired) electrons. The van der Waals surface area contributed by atoms with Gasteiger partial charge in [-0.3, -0.25) is 4.90 Å². The largest absolute Gasteiger partial charge is 0.444 e. The number of ether oxygens (including phenoxy) is 1. The number of fused-ring (bicyclic) bond motifs is 1. The summed E-state index contributed by atoms with van der Waals surface area (Å²) in [6.07, 6.45) is 3.13. The van der Waals surface area contributed by atoms with E-state index in [0.717, 1.165) is 18.5 Å². The number of hydrogen-bond acceptors (Lipinski definition) is 6. The van der Waals surface area contributed by atoms with Crippen LogP contribution < -0.4 is 5.73 Å². The molecule has 1 saturated heterocycles. The maximum atomic E-state index is 12.4. The van der Waals surface area contributed by atoms with Crippen molar-refractivity contribution in [2.45, 2.75) is 45.3 Å². The van der Waals surface area contributed by atoms with E-state index >= 15 is 0 Å². The molecule has 1 aliphatic heterocycles. The number of carbonyl (C=O) groups excluding carboxylic acids is 1. The number of carbonyl (C=O) groups is 1. The summed E-state index contributed by atoms with van der Waals surface area (Å²) in [6, 6.07) is 3.38. The molecule has 1 unspecified atom stereocenters. The summed E-state index contributed by atoms with van der Waals surface area (Å²) in [5, 5.41) is 0. The van der Waals surface area contributed by atoms with E-state index in [1.54, 1.807) is 23.2 Å². The second kappa shape index (κ2) is 5.64. The summed E-state index contributed by atoms with van der Waals surface area (Å²) in [7, 11) is 0. The van der Waals surface area contributed by atoms with Gasteiger partial charge in [0.25, 0.3) is 0 Å². The van der Waals surface area contributed by atoms with Gasteiger partial charge in [-0.05, 0) is 45.7 Å². The number of rotatable bonds is 1. The highest BCUT2D eigenvalue weighted by Crippen LogP contribution is 2.32. The number of anilines is 1. The van der Waals surface area contributed by atoms with Crippen LogP contribution in [0, 0.1) is 0 Å². The lowest BCUT2D eigenvalue weighted by Crippen LogP contribution is -2.36. The van der Waals surface area contributed by atoms with Gasteiger partial charge in [0.15, 0.2) is 5.65 Å². The second-order valence-corrected chi connectivity index (χ2v) is 6.71. The first-order valence-electron chi connectivity index (χ1n) is 7.72. The van der Waals surface area contributed by atoms with Gasteiger partial charge in [-0.2, -0.15) is 0 Å². The first kappa shape index (κ1) is 15.5. The summed E-state index contributed by atoms with van der Waals surface area (Å²) < 4.78 is 5.49. The molecule has 3 heterocycles. The van der Waals surface area contributed by atoms with Crippen LogP contribution in [0.25, 0.3) is 11.2 Å². The minimum Gasteiger partial charge on any atom is -0.444 e. The first-order valence-corrected chi connectivity index (χ1v) is 7.72. The molecule has 1 atom stereocenters. The van der Waals surface area contributed by atoms with Crippen molar-refractivity contribution in [3.8, 4) is 0 Å². The van der Waals surface area contributed by atoms with Gasteiger partial charge >= 0.3 is 6.09 Å². The zero-order valence-electron chi connectivity index (χ0n) is 13.6. The lowest BCUT2D eigenvalue weighted by atomic mass is 10.1. The highest BCUT2D eigenvalue weighted by molar-refractivity contribution is 5.72. The number of amides is 1. The Bertz CT molecular complexity index is 741. The molecule has 0 saturated carbocycles. The van der Waals surface area contributed by atoms with Crippen molar-refractivity contribution in [2.75, 3.05) is 12.3 Å². The van der Waals surface area contributed by atoms with Crippen LogP contribution in [0.4, 0.5) is 10.6 Å². The number of hydrogen-bond donors (Lipinski definition) is 1. The van der Waals surface area contributed by atoms with Gasteiger partial charge in [-0.25, -0.2) is 19.7 Å². The second-order valence-electron chi connectivity index (χ2n) is 6.71. The minimum atomic E-state index is -0.513. The van der Waals surface area contributed by atoms with E-state index in [1.807, 2.05) is 20.8 Å². The van der Waals surface area contributed by atoms with Crippen molar-refractivity contribution < 1.29 is 9.53 Å². The molecule has 0 spiro atoms. The van der Waals surface area contributed by atoms with E-state index in [-0.39, 0.29) is 12.1 Å². The Kier molecular flexibility index (Phi) is 3.79. The quantitative estimate of drug-likeness (QED) is 0.869. The Morgan fingerprint density at radius 1 is 1.35 bits per heavy atom. The van der Waals surface area contributed by atoms with Crippen molar-refractivity contribution in [2.24, 2.45) is 0 Å². The molecule has 2 aromatic heterocycles. The third-order valence-electron chi connectivity index (χ3n) is 3.67. The number of nitrogens with zero attached hydrogens (tertiary/aromatic N) is 4. The van der Waals surface area contributed by atoms with Gasteiger partial charge in [-0.15, -0.1) is 0 Å². The third kappa shape index (κ3) is 3.33. The summed E-state index contributed by atoms with van der Waals surface area (Å²) in [5.74, 6) is 0.413. The minimum absolute atomic E-state index is 0.112. The number of nitrogens with two attached hydrogens (primary N) is 1. The van der Waals surface area contributed by atoms with Crippen LogP contribution in [-0.2, 0) is 4.74 Å². The Labute approximate surface area is 134 Å². The van der Waals surface area contributed by atoms with E-state index in [0.29, 0.717) is 23.5 Å². The molecule has 2 N–H and O–H groups in total. The van der Waals surface area contributed by atoms with Gasteiger partial charge in [0.1, 0.15) is 16.9 Å². The molecule has 3 rings (SSSR count). The molecular weight excluding hydrogens is 294 g/mol. The standard InChI is InChI=1S/C16H21N5O2/c1-16(2,3)23-15(22)21-8-4-5-12(21)11-9-18-14-10(19-11)6-7-13(17)20-14/h6-7,9,12H,4-5,8H2,1-3H3,(H2,17,18,20). The van der Waals surface area contributed by atoms with Crippen molar-refractivity contribution in [3.63, 3.8) is 0 Å². The number of aromatic nitrogens is 3. The van der Waals surface area contributed by atoms with Crippen LogP contribution in [0.5, 0.6) is 0 Å². The van der Waals surface area contributed by atoms with Gasteiger partial charge in [-0.1, -0.05) is 0 Å². The number of nitrogen functional groups attached to an aromatic ring is 1. The molecule has 0 bridgehead atoms. The van der Waals surface area contributed by atoms with E-state index in [1.165, 1.54) is 0 Å². The molecule has 7 heteroatoms. The summed E-state index contributed by atoms with van der Waals surface area (Å²) in [6.45, 7) is 6.25. The Morgan fingerprint density at radius 3 is 2.87 bits per heavy atom. The van der Waals surface area contributed by atoms with Crippen LogP contribution in [0.2, 0.25) is 0 Å². The fourth-order valence-electron chi connectivity index (χ4n) is 2.71. The highest BCUT2D eigenvalue weighted by atomic mass is 16.6. The third-order valence-corrected chi connectivity index (χ3v) is 3.67. The molecule has 1 fully saturated rings. The van der Waals surface area contributed by atoms with Gasteiger partial charge in [0.2, 0.25) is 0 Å². The lowest BCUT2D eigenvalue weighted by molar-refractivity contribution is 0.0221. The molecule has 122 valence electrons. The molecule has 1 aliphatic rings. The summed E-state index contributed by atoms with van der Waals surface area (Å²) in [5.41, 5.74) is 7.08. The van der Waals surface area contributed by atoms with Crippen LogP contribution in [-0.4, -0.2) is 38.1 Å². The van der Waals surface area contributed by atoms with Crippen molar-refractivity contribution >= 4 is 23.1 Å².